The van der Waals surface area contributed by atoms with Gasteiger partial charge in [-0.2, -0.15) is 0 Å². The van der Waals surface area contributed by atoms with Gasteiger partial charge in [-0.25, -0.2) is 4.79 Å². The molecule has 1 fully saturated rings. The summed E-state index contributed by atoms with van der Waals surface area (Å²) in [5, 5.41) is 3.00. The normalized spacial score (nSPS) is 14.2. The Morgan fingerprint density at radius 3 is 2.48 bits per heavy atom. The summed E-state index contributed by atoms with van der Waals surface area (Å²) in [6, 6.07) is 6.09. The highest BCUT2D eigenvalue weighted by atomic mass is 16.6. The molecule has 0 bridgehead atoms. The molecule has 0 atom stereocenters. The highest BCUT2D eigenvalue weighted by Crippen LogP contribution is 2.22. The van der Waals surface area contributed by atoms with Gasteiger partial charge in [0.1, 0.15) is 6.61 Å². The lowest BCUT2D eigenvalue weighted by Crippen LogP contribution is -2.28. The fourth-order valence-corrected chi connectivity index (χ4v) is 2.47. The SMILES string of the molecule is CCc1cccc(CC)c1NC(=O)CCN1CCOC1=O. The molecule has 0 aromatic heterocycles. The van der Waals surface area contributed by atoms with Gasteiger partial charge in [0.25, 0.3) is 0 Å². The molecular weight excluding hydrogens is 268 g/mol. The maximum absolute atomic E-state index is 12.1. The van der Waals surface area contributed by atoms with E-state index in [2.05, 4.69) is 19.2 Å². The molecule has 5 heteroatoms. The van der Waals surface area contributed by atoms with E-state index in [0.717, 1.165) is 29.7 Å². The third kappa shape index (κ3) is 3.74. The zero-order valence-corrected chi connectivity index (χ0v) is 12.6. The number of amides is 2. The van der Waals surface area contributed by atoms with Crippen LogP contribution in [-0.4, -0.2) is 36.6 Å². The first-order valence-corrected chi connectivity index (χ1v) is 7.48. The standard InChI is InChI=1S/C16H22N2O3/c1-3-12-6-5-7-13(4-2)15(12)17-14(19)8-9-18-10-11-21-16(18)20/h5-7H,3-4,8-11H2,1-2H3,(H,17,19). The Morgan fingerprint density at radius 1 is 1.29 bits per heavy atom. The number of hydrogen-bond donors (Lipinski definition) is 1. The lowest BCUT2D eigenvalue weighted by Gasteiger charge is -2.16. The molecule has 2 amide bonds. The maximum atomic E-state index is 12.1. The average molecular weight is 290 g/mol. The summed E-state index contributed by atoms with van der Waals surface area (Å²) >= 11 is 0. The number of para-hydroxylation sites is 1. The van der Waals surface area contributed by atoms with Crippen LogP contribution in [0, 0.1) is 0 Å². The van der Waals surface area contributed by atoms with Crippen LogP contribution in [0.1, 0.15) is 31.4 Å². The maximum Gasteiger partial charge on any atom is 0.409 e. The summed E-state index contributed by atoms with van der Waals surface area (Å²) in [5.41, 5.74) is 3.21. The largest absolute Gasteiger partial charge is 0.448 e. The first kappa shape index (κ1) is 15.4. The van der Waals surface area contributed by atoms with Gasteiger partial charge in [0.15, 0.2) is 0 Å². The minimum Gasteiger partial charge on any atom is -0.448 e. The number of benzene rings is 1. The number of cyclic esters (lactones) is 1. The molecular formula is C16H22N2O3. The predicted octanol–water partition coefficient (Wildman–Crippen LogP) is 2.59. The second-order valence-corrected chi connectivity index (χ2v) is 5.06. The summed E-state index contributed by atoms with van der Waals surface area (Å²) in [7, 11) is 0. The number of anilines is 1. The number of nitrogens with one attached hydrogen (secondary N) is 1. The number of carbonyl (C=O) groups excluding carboxylic acids is 2. The predicted molar refractivity (Wildman–Crippen MR) is 81.4 cm³/mol. The molecule has 1 aliphatic heterocycles. The van der Waals surface area contributed by atoms with E-state index in [1.165, 1.54) is 0 Å². The van der Waals surface area contributed by atoms with Crippen molar-refractivity contribution in [3.8, 4) is 0 Å². The van der Waals surface area contributed by atoms with Crippen molar-refractivity contribution in [2.75, 3.05) is 25.0 Å². The first-order chi connectivity index (χ1) is 10.2. The van der Waals surface area contributed by atoms with Gasteiger partial charge in [0.05, 0.1) is 6.54 Å². The summed E-state index contributed by atoms with van der Waals surface area (Å²) in [6.07, 6.45) is 1.71. The second kappa shape index (κ2) is 7.11. The topological polar surface area (TPSA) is 58.6 Å². The molecule has 21 heavy (non-hydrogen) atoms. The number of hydrogen-bond acceptors (Lipinski definition) is 3. The molecule has 0 saturated carbocycles. The van der Waals surface area contributed by atoms with Crippen LogP contribution in [0.5, 0.6) is 0 Å². The minimum absolute atomic E-state index is 0.0645. The molecule has 1 aliphatic rings. The van der Waals surface area contributed by atoms with Crippen molar-refractivity contribution in [1.82, 2.24) is 4.90 Å². The van der Waals surface area contributed by atoms with E-state index in [4.69, 9.17) is 4.74 Å². The van der Waals surface area contributed by atoms with Crippen molar-refractivity contribution in [3.05, 3.63) is 29.3 Å². The van der Waals surface area contributed by atoms with Gasteiger partial charge in [-0.3, -0.25) is 4.79 Å². The number of nitrogens with zero attached hydrogens (tertiary/aromatic N) is 1. The van der Waals surface area contributed by atoms with E-state index >= 15 is 0 Å². The van der Waals surface area contributed by atoms with Crippen molar-refractivity contribution in [3.63, 3.8) is 0 Å². The van der Waals surface area contributed by atoms with E-state index in [9.17, 15) is 9.59 Å². The molecule has 1 heterocycles. The summed E-state index contributed by atoms with van der Waals surface area (Å²) < 4.78 is 4.84. The lowest BCUT2D eigenvalue weighted by atomic mass is 10.0. The molecule has 0 aliphatic carbocycles. The highest BCUT2D eigenvalue weighted by molar-refractivity contribution is 5.92. The van der Waals surface area contributed by atoms with E-state index in [0.29, 0.717) is 19.7 Å². The Kier molecular flexibility index (Phi) is 5.20. The molecule has 2 rings (SSSR count). The Labute approximate surface area is 125 Å². The van der Waals surface area contributed by atoms with Gasteiger partial charge >= 0.3 is 6.09 Å². The first-order valence-electron chi connectivity index (χ1n) is 7.48. The summed E-state index contributed by atoms with van der Waals surface area (Å²) in [6.45, 7) is 5.53. The molecule has 0 spiro atoms. The van der Waals surface area contributed by atoms with Gasteiger partial charge in [-0.15, -0.1) is 0 Å². The number of aryl methyl sites for hydroxylation is 2. The molecule has 1 aromatic rings. The lowest BCUT2D eigenvalue weighted by molar-refractivity contribution is -0.116. The molecule has 5 nitrogen and oxygen atoms in total. The third-order valence-corrected chi connectivity index (χ3v) is 3.72. The zero-order chi connectivity index (χ0) is 15.2. The number of ether oxygens (including phenoxy) is 1. The van der Waals surface area contributed by atoms with Gasteiger partial charge in [-0.05, 0) is 24.0 Å². The molecule has 1 saturated heterocycles. The van der Waals surface area contributed by atoms with Crippen LogP contribution in [0.3, 0.4) is 0 Å². The summed E-state index contributed by atoms with van der Waals surface area (Å²) in [4.78, 5) is 25.0. The van der Waals surface area contributed by atoms with Gasteiger partial charge in [0, 0.05) is 18.7 Å². The highest BCUT2D eigenvalue weighted by Gasteiger charge is 2.22. The van der Waals surface area contributed by atoms with Gasteiger partial charge in [-0.1, -0.05) is 32.0 Å². The van der Waals surface area contributed by atoms with Gasteiger partial charge in [0.2, 0.25) is 5.91 Å². The average Bonchev–Trinajstić information content (AvgIpc) is 2.90. The molecule has 1 N–H and O–H groups in total. The van der Waals surface area contributed by atoms with Crippen LogP contribution in [0.4, 0.5) is 10.5 Å². The Hall–Kier alpha value is -2.04. The van der Waals surface area contributed by atoms with Crippen molar-refractivity contribution in [2.45, 2.75) is 33.1 Å². The quantitative estimate of drug-likeness (QED) is 0.876. The van der Waals surface area contributed by atoms with Crippen LogP contribution in [-0.2, 0) is 22.4 Å². The number of carbonyl (C=O) groups is 2. The fourth-order valence-electron chi connectivity index (χ4n) is 2.47. The van der Waals surface area contributed by atoms with Gasteiger partial charge < -0.3 is 15.0 Å². The monoisotopic (exact) mass is 290 g/mol. The van der Waals surface area contributed by atoms with Crippen LogP contribution in [0.25, 0.3) is 0 Å². The van der Waals surface area contributed by atoms with Crippen molar-refractivity contribution in [2.24, 2.45) is 0 Å². The molecule has 1 aromatic carbocycles. The molecule has 0 radical (unpaired) electrons. The Balaban J connectivity index is 1.97. The smallest absolute Gasteiger partial charge is 0.409 e. The van der Waals surface area contributed by atoms with Crippen molar-refractivity contribution in [1.29, 1.82) is 0 Å². The second-order valence-electron chi connectivity index (χ2n) is 5.06. The Bertz CT molecular complexity index is 506. The van der Waals surface area contributed by atoms with E-state index in [1.54, 1.807) is 4.90 Å². The summed E-state index contributed by atoms with van der Waals surface area (Å²) in [5.74, 6) is -0.0645. The van der Waals surface area contributed by atoms with Crippen molar-refractivity contribution < 1.29 is 14.3 Å². The van der Waals surface area contributed by atoms with Crippen LogP contribution in [0.2, 0.25) is 0 Å². The van der Waals surface area contributed by atoms with E-state index < -0.39 is 0 Å². The van der Waals surface area contributed by atoms with E-state index in [1.807, 2.05) is 18.2 Å². The van der Waals surface area contributed by atoms with Crippen LogP contribution >= 0.6 is 0 Å². The number of rotatable bonds is 6. The van der Waals surface area contributed by atoms with Crippen LogP contribution < -0.4 is 5.32 Å². The zero-order valence-electron chi connectivity index (χ0n) is 12.6. The third-order valence-electron chi connectivity index (χ3n) is 3.72. The van der Waals surface area contributed by atoms with Crippen molar-refractivity contribution >= 4 is 17.7 Å². The Morgan fingerprint density at radius 2 is 1.95 bits per heavy atom. The fraction of sp³-hybridized carbons (Fsp3) is 0.500. The van der Waals surface area contributed by atoms with Crippen LogP contribution in [0.15, 0.2) is 18.2 Å². The molecule has 0 unspecified atom stereocenters. The van der Waals surface area contributed by atoms with E-state index in [-0.39, 0.29) is 18.4 Å². The minimum atomic E-state index is -0.328. The molecule has 114 valence electrons.